The number of para-hydroxylation sites is 1. The number of ether oxygens (including phenoxy) is 1. The molecule has 86 valence electrons. The summed E-state index contributed by atoms with van der Waals surface area (Å²) >= 11 is 6.20. The molecule has 0 amide bonds. The van der Waals surface area contributed by atoms with Crippen LogP contribution in [0.3, 0.4) is 0 Å². The van der Waals surface area contributed by atoms with E-state index in [-0.39, 0.29) is 0 Å². The molecule has 1 saturated heterocycles. The summed E-state index contributed by atoms with van der Waals surface area (Å²) in [7, 11) is 0. The number of rotatable bonds is 0. The van der Waals surface area contributed by atoms with Crippen molar-refractivity contribution >= 4 is 11.6 Å². The van der Waals surface area contributed by atoms with Crippen LogP contribution >= 0.6 is 11.6 Å². The fourth-order valence-corrected chi connectivity index (χ4v) is 3.21. The summed E-state index contributed by atoms with van der Waals surface area (Å²) in [5, 5.41) is 4.19. The first kappa shape index (κ1) is 10.4. The average molecular weight is 238 g/mol. The minimum Gasteiger partial charge on any atom is -0.492 e. The van der Waals surface area contributed by atoms with Gasteiger partial charge in [0.05, 0.1) is 11.6 Å². The van der Waals surface area contributed by atoms with E-state index in [0.717, 1.165) is 36.9 Å². The minimum absolute atomic E-state index is 0.309. The second-order valence-electron chi connectivity index (χ2n) is 4.75. The van der Waals surface area contributed by atoms with Crippen LogP contribution in [0.4, 0.5) is 0 Å². The smallest absolute Gasteiger partial charge is 0.141 e. The van der Waals surface area contributed by atoms with Crippen LogP contribution in [0.1, 0.15) is 24.8 Å². The van der Waals surface area contributed by atoms with Crippen LogP contribution in [0.15, 0.2) is 18.2 Å². The summed E-state index contributed by atoms with van der Waals surface area (Å²) in [6.07, 6.45) is 3.52. The Morgan fingerprint density at radius 2 is 2.00 bits per heavy atom. The first-order valence-corrected chi connectivity index (χ1v) is 6.32. The lowest BCUT2D eigenvalue weighted by molar-refractivity contribution is 0.180. The van der Waals surface area contributed by atoms with Crippen LogP contribution in [0, 0.1) is 0 Å². The largest absolute Gasteiger partial charge is 0.492 e. The van der Waals surface area contributed by atoms with E-state index in [0.29, 0.717) is 5.41 Å². The Bertz CT molecular complexity index is 399. The third kappa shape index (κ3) is 1.52. The van der Waals surface area contributed by atoms with E-state index in [4.69, 9.17) is 16.3 Å². The van der Waals surface area contributed by atoms with Crippen molar-refractivity contribution < 1.29 is 4.74 Å². The molecule has 0 unspecified atom stereocenters. The van der Waals surface area contributed by atoms with Gasteiger partial charge in [0, 0.05) is 11.0 Å². The Labute approximate surface area is 101 Å². The highest BCUT2D eigenvalue weighted by Gasteiger charge is 2.39. The fraction of sp³-hybridized carbons (Fsp3) is 0.538. The number of piperidine rings is 1. The second kappa shape index (κ2) is 3.94. The zero-order valence-corrected chi connectivity index (χ0v) is 10.0. The average Bonchev–Trinajstić information content (AvgIpc) is 2.32. The van der Waals surface area contributed by atoms with Gasteiger partial charge in [0.2, 0.25) is 0 Å². The predicted molar refractivity (Wildman–Crippen MR) is 65.3 cm³/mol. The van der Waals surface area contributed by atoms with Crippen molar-refractivity contribution in [2.45, 2.75) is 24.7 Å². The van der Waals surface area contributed by atoms with Gasteiger partial charge in [0.1, 0.15) is 5.75 Å². The summed E-state index contributed by atoms with van der Waals surface area (Å²) in [6, 6.07) is 6.14. The molecule has 0 radical (unpaired) electrons. The van der Waals surface area contributed by atoms with Crippen molar-refractivity contribution in [2.24, 2.45) is 0 Å². The molecule has 0 saturated carbocycles. The number of nitrogens with one attached hydrogen (secondary N) is 1. The summed E-state index contributed by atoms with van der Waals surface area (Å²) in [4.78, 5) is 0. The quantitative estimate of drug-likeness (QED) is 0.749. The van der Waals surface area contributed by atoms with Crippen molar-refractivity contribution in [2.75, 3.05) is 19.7 Å². The fourth-order valence-electron chi connectivity index (χ4n) is 2.98. The van der Waals surface area contributed by atoms with E-state index in [1.807, 2.05) is 12.1 Å². The molecule has 2 aliphatic rings. The molecule has 0 atom stereocenters. The highest BCUT2D eigenvalue weighted by Crippen LogP contribution is 2.46. The third-order valence-corrected chi connectivity index (χ3v) is 4.22. The maximum absolute atomic E-state index is 6.20. The maximum Gasteiger partial charge on any atom is 0.141 e. The highest BCUT2D eigenvalue weighted by atomic mass is 35.5. The monoisotopic (exact) mass is 237 g/mol. The van der Waals surface area contributed by atoms with Gasteiger partial charge in [0.15, 0.2) is 0 Å². The van der Waals surface area contributed by atoms with E-state index in [1.165, 1.54) is 18.4 Å². The molecule has 0 aromatic heterocycles. The van der Waals surface area contributed by atoms with E-state index in [2.05, 4.69) is 11.4 Å². The first-order valence-electron chi connectivity index (χ1n) is 5.94. The Morgan fingerprint density at radius 3 is 2.81 bits per heavy atom. The molecule has 1 fully saturated rings. The lowest BCUT2D eigenvalue weighted by Gasteiger charge is -2.42. The zero-order valence-electron chi connectivity index (χ0n) is 9.26. The lowest BCUT2D eigenvalue weighted by Crippen LogP contribution is -2.43. The van der Waals surface area contributed by atoms with Crippen LogP contribution in [0.25, 0.3) is 0 Å². The van der Waals surface area contributed by atoms with Crippen molar-refractivity contribution in [1.82, 2.24) is 5.32 Å². The Morgan fingerprint density at radius 1 is 1.19 bits per heavy atom. The number of hydrogen-bond acceptors (Lipinski definition) is 2. The molecule has 2 heterocycles. The Balaban J connectivity index is 2.08. The molecule has 3 rings (SSSR count). The SMILES string of the molecule is Clc1cccc2c1OCCC21CCNCC1. The minimum atomic E-state index is 0.309. The molecular formula is C13H16ClNO. The molecule has 0 aliphatic carbocycles. The Hall–Kier alpha value is -0.730. The van der Waals surface area contributed by atoms with E-state index in [9.17, 15) is 0 Å². The molecule has 0 bridgehead atoms. The van der Waals surface area contributed by atoms with Crippen molar-refractivity contribution in [3.63, 3.8) is 0 Å². The third-order valence-electron chi connectivity index (χ3n) is 3.93. The molecule has 3 heteroatoms. The maximum atomic E-state index is 6.20. The second-order valence-corrected chi connectivity index (χ2v) is 5.15. The number of halogens is 1. The van der Waals surface area contributed by atoms with E-state index >= 15 is 0 Å². The van der Waals surface area contributed by atoms with Gasteiger partial charge in [-0.15, -0.1) is 0 Å². The van der Waals surface area contributed by atoms with Crippen LogP contribution < -0.4 is 10.1 Å². The normalized spacial score (nSPS) is 22.6. The molecule has 1 aromatic carbocycles. The Kier molecular flexibility index (Phi) is 2.56. The molecule has 1 spiro atoms. The molecule has 16 heavy (non-hydrogen) atoms. The molecule has 1 aromatic rings. The van der Waals surface area contributed by atoms with E-state index < -0.39 is 0 Å². The number of fused-ring (bicyclic) bond motifs is 2. The summed E-state index contributed by atoms with van der Waals surface area (Å²) in [6.45, 7) is 3.01. The van der Waals surface area contributed by atoms with Gasteiger partial charge in [0.25, 0.3) is 0 Å². The van der Waals surface area contributed by atoms with Gasteiger partial charge in [-0.1, -0.05) is 23.7 Å². The molecule has 1 N–H and O–H groups in total. The lowest BCUT2D eigenvalue weighted by atomic mass is 9.70. The topological polar surface area (TPSA) is 21.3 Å². The molecule has 2 nitrogen and oxygen atoms in total. The van der Waals surface area contributed by atoms with Gasteiger partial charge in [-0.3, -0.25) is 0 Å². The predicted octanol–water partition coefficient (Wildman–Crippen LogP) is 2.74. The number of hydrogen-bond donors (Lipinski definition) is 1. The first-order chi connectivity index (χ1) is 7.82. The van der Waals surface area contributed by atoms with Gasteiger partial charge in [-0.2, -0.15) is 0 Å². The van der Waals surface area contributed by atoms with Gasteiger partial charge >= 0.3 is 0 Å². The van der Waals surface area contributed by atoms with Crippen LogP contribution in [-0.2, 0) is 5.41 Å². The molecule has 2 aliphatic heterocycles. The van der Waals surface area contributed by atoms with Crippen molar-refractivity contribution in [3.05, 3.63) is 28.8 Å². The van der Waals surface area contributed by atoms with Crippen molar-refractivity contribution in [3.8, 4) is 5.75 Å². The number of benzene rings is 1. The van der Waals surface area contributed by atoms with Crippen LogP contribution in [-0.4, -0.2) is 19.7 Å². The van der Waals surface area contributed by atoms with Gasteiger partial charge < -0.3 is 10.1 Å². The van der Waals surface area contributed by atoms with Crippen LogP contribution in [0.2, 0.25) is 5.02 Å². The van der Waals surface area contributed by atoms with Gasteiger partial charge in [-0.25, -0.2) is 0 Å². The van der Waals surface area contributed by atoms with Crippen molar-refractivity contribution in [1.29, 1.82) is 0 Å². The summed E-state index contributed by atoms with van der Waals surface area (Å²) < 4.78 is 5.73. The van der Waals surface area contributed by atoms with Gasteiger partial charge in [-0.05, 0) is 38.4 Å². The zero-order chi connectivity index (χ0) is 11.0. The molecular weight excluding hydrogens is 222 g/mol. The summed E-state index contributed by atoms with van der Waals surface area (Å²) in [5.41, 5.74) is 1.64. The van der Waals surface area contributed by atoms with E-state index in [1.54, 1.807) is 0 Å². The standard InChI is InChI=1S/C13H16ClNO/c14-11-3-1-2-10-12(11)16-9-6-13(10)4-7-15-8-5-13/h1-3,15H,4-9H2. The highest BCUT2D eigenvalue weighted by molar-refractivity contribution is 6.32. The van der Waals surface area contributed by atoms with Crippen LogP contribution in [0.5, 0.6) is 5.75 Å². The summed E-state index contributed by atoms with van der Waals surface area (Å²) in [5.74, 6) is 0.928.